The van der Waals surface area contributed by atoms with Gasteiger partial charge >= 0.3 is 11.4 Å². The topological polar surface area (TPSA) is 169 Å². The summed E-state index contributed by atoms with van der Waals surface area (Å²) in [5.41, 5.74) is -2.18. The first-order valence-electron chi connectivity index (χ1n) is 9.87. The molecule has 6 unspecified atom stereocenters. The summed E-state index contributed by atoms with van der Waals surface area (Å²) in [5, 5.41) is 19.1. The van der Waals surface area contributed by atoms with Gasteiger partial charge in [0.15, 0.2) is 0 Å². The van der Waals surface area contributed by atoms with Crippen LogP contribution in [-0.2, 0) is 9.47 Å². The fourth-order valence-electron chi connectivity index (χ4n) is 3.72. The Kier molecular flexibility index (Phi) is 7.07. The van der Waals surface area contributed by atoms with Crippen LogP contribution in [0.25, 0.3) is 0 Å². The van der Waals surface area contributed by atoms with Crippen LogP contribution in [0.3, 0.4) is 0 Å². The number of hydrogen-bond acceptors (Lipinski definition) is 10. The van der Waals surface area contributed by atoms with Gasteiger partial charge in [-0.3, -0.25) is 28.7 Å². The van der Waals surface area contributed by atoms with Gasteiger partial charge in [0.05, 0.1) is 25.4 Å². The maximum atomic E-state index is 12.1. The lowest BCUT2D eigenvalue weighted by molar-refractivity contribution is -0.0239. The van der Waals surface area contributed by atoms with Gasteiger partial charge < -0.3 is 19.7 Å². The molecule has 12 nitrogen and oxygen atoms in total. The molecule has 14 heteroatoms. The molecule has 0 aliphatic carbocycles. The summed E-state index contributed by atoms with van der Waals surface area (Å²) in [6.45, 7) is -0.486. The fourth-order valence-corrected chi connectivity index (χ4v) is 7.12. The first-order valence-corrected chi connectivity index (χ1v) is 12.1. The van der Waals surface area contributed by atoms with Gasteiger partial charge in [0, 0.05) is 47.9 Å². The highest BCUT2D eigenvalue weighted by atomic mass is 33.1. The Hall–Kier alpha value is -2.10. The van der Waals surface area contributed by atoms with Gasteiger partial charge in [0.25, 0.3) is 11.1 Å². The smallest absolute Gasteiger partial charge is 0.330 e. The minimum absolute atomic E-state index is 0.164. The Balaban J connectivity index is 1.42. The van der Waals surface area contributed by atoms with E-state index < -0.39 is 47.2 Å². The summed E-state index contributed by atoms with van der Waals surface area (Å²) in [6, 6.07) is 2.46. The van der Waals surface area contributed by atoms with Crippen molar-refractivity contribution in [2.24, 2.45) is 0 Å². The Labute approximate surface area is 188 Å². The SMILES string of the molecule is O=c1ccn(C2CC(SSC3CC(n4ccc(=O)[nH]c4=O)OC3CO)C(CO)O2)c(=O)[nH]1. The molecule has 0 aromatic carbocycles. The molecule has 2 aliphatic heterocycles. The summed E-state index contributed by atoms with van der Waals surface area (Å²) < 4.78 is 14.2. The van der Waals surface area contributed by atoms with Crippen molar-refractivity contribution in [1.82, 2.24) is 19.1 Å². The molecule has 2 aliphatic rings. The first kappa shape index (κ1) is 23.1. The molecule has 4 N–H and O–H groups in total. The van der Waals surface area contributed by atoms with E-state index >= 15 is 0 Å². The lowest BCUT2D eigenvalue weighted by atomic mass is 10.2. The summed E-state index contributed by atoms with van der Waals surface area (Å²) in [6.07, 6.45) is 1.27. The molecule has 2 aromatic heterocycles. The highest BCUT2D eigenvalue weighted by Gasteiger charge is 2.41. The summed E-state index contributed by atoms with van der Waals surface area (Å²) in [7, 11) is 2.90. The van der Waals surface area contributed by atoms with Gasteiger partial charge in [-0.1, -0.05) is 21.6 Å². The fraction of sp³-hybridized carbons (Fsp3) is 0.556. The van der Waals surface area contributed by atoms with E-state index in [9.17, 15) is 29.4 Å². The third kappa shape index (κ3) is 4.79. The van der Waals surface area contributed by atoms with E-state index in [-0.39, 0.29) is 23.7 Å². The van der Waals surface area contributed by atoms with Crippen molar-refractivity contribution in [2.45, 2.75) is 48.0 Å². The lowest BCUT2D eigenvalue weighted by Crippen LogP contribution is -2.31. The standard InChI is InChI=1S/C18H22N4O8S2/c23-7-9-11(5-15(29-9)21-3-1-13(25)19-17(21)27)31-32-12-6-16(30-10(12)8-24)22-4-2-14(26)20-18(22)28/h1-4,9-12,15-16,23-24H,5-8H2,(H,19,25,27)(H,20,26,28). The molecule has 0 saturated carbocycles. The van der Waals surface area contributed by atoms with Gasteiger partial charge in [-0.15, -0.1) is 0 Å². The Morgan fingerprint density at radius 2 is 1.22 bits per heavy atom. The van der Waals surface area contributed by atoms with Crippen LogP contribution in [0.5, 0.6) is 0 Å². The van der Waals surface area contributed by atoms with Gasteiger partial charge in [0.2, 0.25) is 0 Å². The van der Waals surface area contributed by atoms with Crippen LogP contribution in [0.4, 0.5) is 0 Å². The van der Waals surface area contributed by atoms with Crippen LogP contribution in [0.1, 0.15) is 25.3 Å². The number of H-pyrrole nitrogens is 2. The van der Waals surface area contributed by atoms with Crippen molar-refractivity contribution >= 4 is 21.6 Å². The average Bonchev–Trinajstić information content (AvgIpc) is 3.35. The molecule has 32 heavy (non-hydrogen) atoms. The van der Waals surface area contributed by atoms with Gasteiger partial charge in [0.1, 0.15) is 12.5 Å². The second-order valence-corrected chi connectivity index (χ2v) is 10.1. The lowest BCUT2D eigenvalue weighted by Gasteiger charge is -2.19. The highest BCUT2D eigenvalue weighted by molar-refractivity contribution is 8.77. The summed E-state index contributed by atoms with van der Waals surface area (Å²) in [4.78, 5) is 51.1. The molecule has 2 saturated heterocycles. The van der Waals surface area contributed by atoms with Crippen LogP contribution in [0.2, 0.25) is 0 Å². The zero-order chi connectivity index (χ0) is 22.8. The number of aliphatic hydroxyl groups is 2. The van der Waals surface area contributed by atoms with E-state index in [1.807, 2.05) is 0 Å². The zero-order valence-corrected chi connectivity index (χ0v) is 18.3. The summed E-state index contributed by atoms with van der Waals surface area (Å²) in [5.74, 6) is 0. The number of ether oxygens (including phenoxy) is 2. The number of aromatic nitrogens is 4. The van der Waals surface area contributed by atoms with E-state index in [0.29, 0.717) is 12.8 Å². The number of nitrogens with one attached hydrogen (secondary N) is 2. The predicted octanol–water partition coefficient (Wildman–Crippen LogP) is -1.23. The number of hydrogen-bond donors (Lipinski definition) is 4. The molecular formula is C18H22N4O8S2. The minimum atomic E-state index is -0.629. The maximum Gasteiger partial charge on any atom is 0.330 e. The molecule has 0 bridgehead atoms. The van der Waals surface area contributed by atoms with Crippen molar-refractivity contribution in [1.29, 1.82) is 0 Å². The van der Waals surface area contributed by atoms with Crippen LogP contribution in [0, 0.1) is 0 Å². The summed E-state index contributed by atoms with van der Waals surface area (Å²) >= 11 is 0. The normalized spacial score (nSPS) is 30.1. The maximum absolute atomic E-state index is 12.1. The van der Waals surface area contributed by atoms with Crippen LogP contribution < -0.4 is 22.5 Å². The predicted molar refractivity (Wildman–Crippen MR) is 117 cm³/mol. The van der Waals surface area contributed by atoms with Crippen molar-refractivity contribution in [2.75, 3.05) is 13.2 Å². The molecule has 4 rings (SSSR count). The van der Waals surface area contributed by atoms with E-state index in [4.69, 9.17) is 9.47 Å². The molecular weight excluding hydrogens is 464 g/mol. The van der Waals surface area contributed by atoms with Crippen LogP contribution in [-0.4, -0.2) is 65.2 Å². The molecule has 2 aromatic rings. The molecule has 2 fully saturated rings. The van der Waals surface area contributed by atoms with Gasteiger partial charge in [-0.05, 0) is 0 Å². The second kappa shape index (κ2) is 9.80. The first-order chi connectivity index (χ1) is 15.4. The molecule has 0 radical (unpaired) electrons. The number of aliphatic hydroxyl groups excluding tert-OH is 2. The van der Waals surface area contributed by atoms with Crippen molar-refractivity contribution in [3.8, 4) is 0 Å². The van der Waals surface area contributed by atoms with E-state index in [0.717, 1.165) is 0 Å². The van der Waals surface area contributed by atoms with Crippen molar-refractivity contribution in [3.63, 3.8) is 0 Å². The zero-order valence-electron chi connectivity index (χ0n) is 16.7. The Morgan fingerprint density at radius 1 is 0.812 bits per heavy atom. The quantitative estimate of drug-likeness (QED) is 0.348. The van der Waals surface area contributed by atoms with E-state index in [2.05, 4.69) is 9.97 Å². The van der Waals surface area contributed by atoms with E-state index in [1.54, 1.807) is 0 Å². The third-order valence-corrected chi connectivity index (χ3v) is 8.76. The van der Waals surface area contributed by atoms with Crippen LogP contribution >= 0.6 is 21.6 Å². The van der Waals surface area contributed by atoms with Gasteiger partial charge in [-0.2, -0.15) is 0 Å². The Bertz CT molecular complexity index is 1090. The van der Waals surface area contributed by atoms with Crippen molar-refractivity contribution in [3.05, 3.63) is 66.2 Å². The molecule has 6 atom stereocenters. The third-order valence-electron chi connectivity index (χ3n) is 5.35. The molecule has 0 amide bonds. The second-order valence-electron chi connectivity index (χ2n) is 7.40. The Morgan fingerprint density at radius 3 is 1.56 bits per heavy atom. The van der Waals surface area contributed by atoms with Crippen molar-refractivity contribution < 1.29 is 19.7 Å². The minimum Gasteiger partial charge on any atom is -0.394 e. The molecule has 174 valence electrons. The van der Waals surface area contributed by atoms with E-state index in [1.165, 1.54) is 55.2 Å². The number of nitrogens with zero attached hydrogens (tertiary/aromatic N) is 2. The molecule has 4 heterocycles. The number of rotatable bonds is 7. The largest absolute Gasteiger partial charge is 0.394 e. The van der Waals surface area contributed by atoms with Crippen LogP contribution in [0.15, 0.2) is 43.7 Å². The monoisotopic (exact) mass is 486 g/mol. The average molecular weight is 487 g/mol. The number of aromatic amines is 2. The highest BCUT2D eigenvalue weighted by Crippen LogP contribution is 2.47. The van der Waals surface area contributed by atoms with Gasteiger partial charge in [-0.25, -0.2) is 9.59 Å². The molecule has 0 spiro atoms.